The van der Waals surface area contributed by atoms with E-state index in [1.807, 2.05) is 53.8 Å². The maximum atomic E-state index is 6.57. The maximum absolute atomic E-state index is 6.57. The summed E-state index contributed by atoms with van der Waals surface area (Å²) in [7, 11) is 0. The first-order valence-electron chi connectivity index (χ1n) is 14.5. The molecule has 0 amide bonds. The molecular weight excluding hydrogens is 559 g/mol. The highest BCUT2D eigenvalue weighted by atomic mass is 32.1. The number of thiophene rings is 1. The van der Waals surface area contributed by atoms with Crippen molar-refractivity contribution < 1.29 is 4.42 Å². The van der Waals surface area contributed by atoms with Gasteiger partial charge in [0.2, 0.25) is 0 Å². The normalized spacial score (nSPS) is 11.7. The highest BCUT2D eigenvalue weighted by Crippen LogP contribution is 2.40. The Balaban J connectivity index is 1.17. The van der Waals surface area contributed by atoms with Gasteiger partial charge in [0, 0.05) is 36.5 Å². The summed E-state index contributed by atoms with van der Waals surface area (Å²) in [6.45, 7) is 3.90. The van der Waals surface area contributed by atoms with Gasteiger partial charge >= 0.3 is 0 Å². The van der Waals surface area contributed by atoms with Crippen molar-refractivity contribution in [2.45, 2.75) is 0 Å². The summed E-state index contributed by atoms with van der Waals surface area (Å²) in [6, 6.07) is 42.4. The van der Waals surface area contributed by atoms with Gasteiger partial charge in [0.15, 0.2) is 17.5 Å². The Hall–Kier alpha value is -5.65. The fraction of sp³-hybridized carbons (Fsp3) is 0. The van der Waals surface area contributed by atoms with E-state index in [4.69, 9.17) is 14.4 Å². The van der Waals surface area contributed by atoms with Crippen LogP contribution < -0.4 is 0 Å². The fourth-order valence-electron chi connectivity index (χ4n) is 6.17. The Labute approximate surface area is 256 Å². The lowest BCUT2D eigenvalue weighted by atomic mass is 9.99. The molecule has 9 rings (SSSR count). The third-order valence-electron chi connectivity index (χ3n) is 8.30. The Bertz CT molecular complexity index is 2580. The molecule has 9 aromatic rings. The van der Waals surface area contributed by atoms with E-state index in [0.29, 0.717) is 17.5 Å². The Morgan fingerprint density at radius 2 is 1.32 bits per heavy atom. The first-order valence-corrected chi connectivity index (χ1v) is 15.3. The lowest BCUT2D eigenvalue weighted by Crippen LogP contribution is -1.99. The highest BCUT2D eigenvalue weighted by Gasteiger charge is 2.17. The molecule has 5 heteroatoms. The van der Waals surface area contributed by atoms with Crippen LogP contribution in [-0.4, -0.2) is 15.0 Å². The molecule has 6 aromatic carbocycles. The molecule has 3 aromatic heterocycles. The molecule has 0 unspecified atom stereocenters. The van der Waals surface area contributed by atoms with Gasteiger partial charge in [-0.25, -0.2) is 15.0 Å². The van der Waals surface area contributed by atoms with Gasteiger partial charge < -0.3 is 4.42 Å². The van der Waals surface area contributed by atoms with Crippen molar-refractivity contribution in [2.75, 3.05) is 0 Å². The molecule has 0 atom stereocenters. The second kappa shape index (κ2) is 9.69. The summed E-state index contributed by atoms with van der Waals surface area (Å²) in [4.78, 5) is 14.1. The van der Waals surface area contributed by atoms with E-state index in [9.17, 15) is 0 Å². The van der Waals surface area contributed by atoms with Crippen LogP contribution in [-0.2, 0) is 0 Å². The monoisotopic (exact) mass is 581 g/mol. The van der Waals surface area contributed by atoms with Crippen molar-refractivity contribution in [3.63, 3.8) is 0 Å². The summed E-state index contributed by atoms with van der Waals surface area (Å²) in [5, 5.41) is 7.24. The van der Waals surface area contributed by atoms with Gasteiger partial charge in [-0.15, -0.1) is 11.3 Å². The quantitative estimate of drug-likeness (QED) is 0.207. The molecule has 0 saturated heterocycles. The molecule has 0 bridgehead atoms. The van der Waals surface area contributed by atoms with Crippen LogP contribution in [0.3, 0.4) is 0 Å². The van der Waals surface area contributed by atoms with E-state index in [2.05, 4.69) is 90.4 Å². The van der Waals surface area contributed by atoms with Crippen LogP contribution in [0.4, 0.5) is 0 Å². The van der Waals surface area contributed by atoms with Crippen molar-refractivity contribution >= 4 is 70.3 Å². The zero-order chi connectivity index (χ0) is 29.2. The summed E-state index contributed by atoms with van der Waals surface area (Å²) in [5.41, 5.74) is 5.58. The number of aromatic nitrogens is 3. The summed E-state index contributed by atoms with van der Waals surface area (Å²) < 4.78 is 9.23. The van der Waals surface area contributed by atoms with Crippen molar-refractivity contribution in [1.29, 1.82) is 0 Å². The fourth-order valence-corrected chi connectivity index (χ4v) is 7.40. The lowest BCUT2D eigenvalue weighted by molar-refractivity contribution is 0.669. The van der Waals surface area contributed by atoms with Gasteiger partial charge in [-0.3, -0.25) is 0 Å². The second-order valence-corrected chi connectivity index (χ2v) is 11.9. The molecule has 3 heterocycles. The summed E-state index contributed by atoms with van der Waals surface area (Å²) in [5.74, 6) is 1.68. The first-order chi connectivity index (χ1) is 21.7. The van der Waals surface area contributed by atoms with Gasteiger partial charge in [-0.05, 0) is 58.3 Å². The number of benzene rings is 6. The minimum atomic E-state index is 0.522. The average Bonchev–Trinajstić information content (AvgIpc) is 3.66. The molecular formula is C39H23N3OS. The number of fused-ring (bicyclic) bond motifs is 8. The van der Waals surface area contributed by atoms with Gasteiger partial charge in [0.1, 0.15) is 11.2 Å². The first kappa shape index (κ1) is 24.9. The van der Waals surface area contributed by atoms with E-state index in [-0.39, 0.29) is 0 Å². The third-order valence-corrected chi connectivity index (χ3v) is 9.52. The van der Waals surface area contributed by atoms with Gasteiger partial charge in [0.05, 0.1) is 5.56 Å². The minimum Gasteiger partial charge on any atom is -0.455 e. The number of rotatable bonds is 4. The van der Waals surface area contributed by atoms with Crippen LogP contribution >= 0.6 is 11.3 Å². The molecule has 0 aliphatic heterocycles. The van der Waals surface area contributed by atoms with E-state index in [0.717, 1.165) is 44.2 Å². The molecule has 0 fully saturated rings. The Morgan fingerprint density at radius 1 is 0.568 bits per heavy atom. The third kappa shape index (κ3) is 3.87. The van der Waals surface area contributed by atoms with Crippen molar-refractivity contribution in [3.8, 4) is 33.9 Å². The van der Waals surface area contributed by atoms with Gasteiger partial charge in [-0.1, -0.05) is 97.6 Å². The zero-order valence-corrected chi connectivity index (χ0v) is 24.3. The van der Waals surface area contributed by atoms with E-state index >= 15 is 0 Å². The van der Waals surface area contributed by atoms with Crippen molar-refractivity contribution in [2.24, 2.45) is 0 Å². The summed E-state index contributed by atoms with van der Waals surface area (Å²) >= 11 is 1.86. The molecule has 4 nitrogen and oxygen atoms in total. The maximum Gasteiger partial charge on any atom is 0.167 e. The number of hydrogen-bond donors (Lipinski definition) is 0. The van der Waals surface area contributed by atoms with Crippen LogP contribution in [0.2, 0.25) is 0 Å². The van der Waals surface area contributed by atoms with Crippen LogP contribution in [0.25, 0.3) is 92.9 Å². The standard InChI is InChI=1S/C39H23N3OS/c1-2-35-40-38(23-9-4-3-5-10-23)42-39(41-35)32-13-8-12-30-28-19-16-25(22-33(28)43-36(30)32)24-15-18-27-26(21-24)17-20-31-29-11-6-7-14-34(29)44-37(27)31/h2-22H,1H2. The number of furan rings is 1. The van der Waals surface area contributed by atoms with Crippen LogP contribution in [0, 0.1) is 0 Å². The second-order valence-electron chi connectivity index (χ2n) is 10.9. The van der Waals surface area contributed by atoms with E-state index < -0.39 is 0 Å². The molecule has 0 N–H and O–H groups in total. The van der Waals surface area contributed by atoms with E-state index in [1.54, 1.807) is 6.08 Å². The minimum absolute atomic E-state index is 0.522. The molecule has 0 spiro atoms. The Morgan fingerprint density at radius 3 is 2.20 bits per heavy atom. The number of para-hydroxylation sites is 1. The van der Waals surface area contributed by atoms with Crippen LogP contribution in [0.5, 0.6) is 0 Å². The molecule has 206 valence electrons. The van der Waals surface area contributed by atoms with Gasteiger partial charge in [-0.2, -0.15) is 0 Å². The molecule has 0 saturated carbocycles. The molecule has 44 heavy (non-hydrogen) atoms. The zero-order valence-electron chi connectivity index (χ0n) is 23.5. The van der Waals surface area contributed by atoms with Crippen LogP contribution in [0.1, 0.15) is 5.82 Å². The largest absolute Gasteiger partial charge is 0.455 e. The highest BCUT2D eigenvalue weighted by molar-refractivity contribution is 7.26. The predicted molar refractivity (Wildman–Crippen MR) is 184 cm³/mol. The van der Waals surface area contributed by atoms with Crippen molar-refractivity contribution in [1.82, 2.24) is 15.0 Å². The van der Waals surface area contributed by atoms with Crippen molar-refractivity contribution in [3.05, 3.63) is 134 Å². The van der Waals surface area contributed by atoms with E-state index in [1.165, 1.54) is 30.9 Å². The Kier molecular flexibility index (Phi) is 5.49. The number of nitrogens with zero attached hydrogens (tertiary/aromatic N) is 3. The smallest absolute Gasteiger partial charge is 0.167 e. The lowest BCUT2D eigenvalue weighted by Gasteiger charge is -2.06. The average molecular weight is 582 g/mol. The topological polar surface area (TPSA) is 51.8 Å². The molecule has 0 aliphatic rings. The SMILES string of the molecule is C=Cc1nc(-c2ccccc2)nc(-c2cccc3c2oc2cc(-c4ccc5c(ccc6c7ccccc7sc56)c4)ccc23)n1. The van der Waals surface area contributed by atoms with Crippen LogP contribution in [0.15, 0.2) is 132 Å². The van der Waals surface area contributed by atoms with Gasteiger partial charge in [0.25, 0.3) is 0 Å². The summed E-state index contributed by atoms with van der Waals surface area (Å²) in [6.07, 6.45) is 1.65. The number of hydrogen-bond acceptors (Lipinski definition) is 5. The predicted octanol–water partition coefficient (Wildman–Crippen LogP) is 10.9. The molecule has 0 radical (unpaired) electrons. The molecule has 0 aliphatic carbocycles.